The third-order valence-corrected chi connectivity index (χ3v) is 34.5. The minimum absolute atomic E-state index is 0. The quantitative estimate of drug-likeness (QED) is 0.0862. The third-order valence-electron chi connectivity index (χ3n) is 34.5. The van der Waals surface area contributed by atoms with E-state index >= 15 is 8.78 Å². The van der Waals surface area contributed by atoms with Crippen LogP contribution in [0.15, 0.2) is 0 Å². The monoisotopic (exact) mass is 3270 g/mol. The van der Waals surface area contributed by atoms with E-state index in [1.807, 2.05) is 138 Å². The molecule has 0 radical (unpaired) electrons. The maximum Gasteiger partial charge on any atom is 0.405 e. The maximum atomic E-state index is 15.8. The Morgan fingerprint density at radius 2 is 0.605 bits per heavy atom. The zero-order valence-corrected chi connectivity index (χ0v) is 121. The molecule has 0 aliphatic heterocycles. The molecule has 35 atom stereocenters. The SMILES string of the molecule is CC.CC.CC.CC.CC.CC(C)(C)OC(=O)C1(C(F)(F)F)CC2CC1C1C3CCC(C3)C21.CC(C)(C)OC(=O)C1(F)CC2CC1C1C3CCC(C3)C21.C[C-]1C2CC(C1C(=O)OC(C)(C)C)C1C3CCC(C3)C21.C[C-]1C2CC(C3C4CCC(C4)C23)C1(C(=O)OC(C)(C)C)C(F)(F)F.C[C-]1C2CC(C3C4CCC(C4)C23)C1(F)C(=O)OC(C)(C)C.[Rf].[Rf].[Rf].[Rf].[Rf].[Rf]. The number of carbonyl (C=O) groups excluding carboxylic acids is 5. The van der Waals surface area contributed by atoms with Gasteiger partial charge in [0.15, 0.2) is 5.41 Å². The topological polar surface area (TPSA) is 132 Å². The van der Waals surface area contributed by atoms with Crippen LogP contribution in [0.2, 0.25) is 0 Å². The number of esters is 5. The van der Waals surface area contributed by atoms with Gasteiger partial charge in [0.05, 0.1) is 5.67 Å². The zero-order chi connectivity index (χ0) is 88.1. The Hall–Kier alpha value is -9.21. The van der Waals surface area contributed by atoms with Crippen LogP contribution < -0.4 is 0 Å². The van der Waals surface area contributed by atoms with Crippen molar-refractivity contribution in [3.63, 3.8) is 0 Å². The van der Waals surface area contributed by atoms with Crippen LogP contribution in [0, 0.1) is 212 Å². The van der Waals surface area contributed by atoms with Gasteiger partial charge in [0, 0.05) is 11.3 Å². The summed E-state index contributed by atoms with van der Waals surface area (Å²) in [4.78, 5) is 63.1. The molecular weight excluding hydrogens is 3120 g/mol. The maximum absolute atomic E-state index is 15.8. The average molecular weight is 3280 g/mol. The number of rotatable bonds is 5. The van der Waals surface area contributed by atoms with Gasteiger partial charge in [-0.05, 0) is 356 Å². The average Bonchev–Trinajstić information content (AvgIpc) is 1.51. The van der Waals surface area contributed by atoms with Crippen LogP contribution in [0.5, 0.6) is 0 Å². The standard InChI is InChI=1S/C19H26F3O2.C18H25F3O2.C18H26FO2.C18H27O2.C17H25FO2.5C2H6.6Rf/c1-9-12-8-13(15-11-6-5-10(7-11)14(12)15)18(9,19(20,21)22)16(23)24-17(2,3)4;1-16(2,3)23-15(22)17(18(19,20)21)8-11-7-12(17)14-10-5-4-9(6-10)13(11)14;1-9-12-8-13(15-11-6-5-10(7-11)14(12)15)18(9,19)16(20)21-17(2,3)4;1-9-12-8-13(14(9)17(19)20-18(2,3)4)16-11-6-5-10(7-11)15(12)16;1-16(2,3)20-15(19)17(18)8-11-7-12(17)14-10-5-4-9(6-10)13(11)14;5*1-2;;;;;;/h10-15H,5-8H2,1-4H3;9-14H,4-8H2,1-3H3;10-15H,5-8H2,1-4H3;10-16H,5-8H2,1-4H3;9-14H,4-8H2,1-3H3;5*1-2H3;;;;;;/q-1;;2*-1;;;;;;;;;;;;. The van der Waals surface area contributed by atoms with Crippen molar-refractivity contribution in [2.45, 2.75) is 387 Å². The summed E-state index contributed by atoms with van der Waals surface area (Å²) in [5.74, 6) is 12.2. The van der Waals surface area contributed by atoms with E-state index in [0.29, 0.717) is 108 Å². The van der Waals surface area contributed by atoms with Gasteiger partial charge in [0.25, 0.3) is 11.9 Å². The Kier molecular flexibility index (Phi) is 30.5. The predicted octanol–water partition coefficient (Wildman–Crippen LogP) is 26.0. The first-order valence-electron chi connectivity index (χ1n) is 48.1. The molecule has 20 aliphatic carbocycles. The molecule has 0 spiro atoms. The van der Waals surface area contributed by atoms with Crippen LogP contribution in [0.3, 0.4) is 0 Å². The molecule has 0 amide bonds. The minimum Gasteiger partial charge on any atom is -0.462 e. The number of ether oxygens (including phenoxy) is 5. The van der Waals surface area contributed by atoms with E-state index in [4.69, 9.17) is 23.7 Å². The molecular formula is C100H159F8O10Rf6-3. The number of fused-ring (bicyclic) bond motifs is 45. The second-order valence-electron chi connectivity index (χ2n) is 44.9. The molecule has 20 rings (SSSR count). The molecule has 20 aliphatic rings. The smallest absolute Gasteiger partial charge is 0.405 e. The van der Waals surface area contributed by atoms with Crippen LogP contribution in [-0.4, -0.2) is 81.5 Å². The van der Waals surface area contributed by atoms with Crippen molar-refractivity contribution in [3.05, 3.63) is 17.8 Å². The summed E-state index contributed by atoms with van der Waals surface area (Å²) >= 11 is 0. The number of alkyl halides is 8. The van der Waals surface area contributed by atoms with E-state index < -0.39 is 92.6 Å². The molecule has 0 heterocycles. The molecule has 0 N–H and O–H groups in total. The summed E-state index contributed by atoms with van der Waals surface area (Å²) in [6.45, 7) is 52.4. The minimum atomic E-state index is -4.58. The van der Waals surface area contributed by atoms with Gasteiger partial charge < -0.3 is 23.7 Å². The zero-order valence-electron chi connectivity index (χ0n) is 82.3. The largest absolute Gasteiger partial charge is 0.462 e. The molecule has 0 saturated heterocycles. The molecule has 690 valence electrons. The van der Waals surface area contributed by atoms with Gasteiger partial charge in [-0.25, -0.2) is 9.18 Å². The van der Waals surface area contributed by atoms with E-state index in [0.717, 1.165) is 98.2 Å². The fourth-order valence-electron chi connectivity index (χ4n) is 32.4. The van der Waals surface area contributed by atoms with E-state index in [2.05, 4.69) is 6.92 Å². The van der Waals surface area contributed by atoms with Crippen molar-refractivity contribution < 1.29 is 82.8 Å². The van der Waals surface area contributed by atoms with Crippen molar-refractivity contribution in [2.75, 3.05) is 0 Å². The Bertz CT molecular complexity index is 3550. The van der Waals surface area contributed by atoms with Crippen LogP contribution in [-0.2, 0) is 47.7 Å². The number of halogens is 8. The molecule has 20 bridgehead atoms. The molecule has 35 unspecified atom stereocenters. The molecule has 20 fully saturated rings. The molecule has 24 heteroatoms. The Morgan fingerprint density at radius 1 is 0.298 bits per heavy atom. The van der Waals surface area contributed by atoms with Crippen molar-refractivity contribution >= 4 is 29.8 Å². The van der Waals surface area contributed by atoms with Gasteiger partial charge in [-0.15, -0.1) is 0 Å². The third kappa shape index (κ3) is 16.4. The number of hydrogen-bond acceptors (Lipinski definition) is 10. The molecule has 20 saturated carbocycles. The Balaban J connectivity index is 0.000000265. The molecule has 0 aromatic carbocycles. The summed E-state index contributed by atoms with van der Waals surface area (Å²) in [6.07, 6.45) is 14.2. The number of carbonyl (C=O) groups is 5. The fourth-order valence-corrected chi connectivity index (χ4v) is 32.4. The number of hydrogen-bond donors (Lipinski definition) is 0. The first kappa shape index (κ1) is 105. The Morgan fingerprint density at radius 3 is 1.00 bits per heavy atom. The van der Waals surface area contributed by atoms with E-state index in [-0.39, 0.29) is 59.4 Å². The first-order chi connectivity index (χ1) is 54.9. The molecule has 124 heavy (non-hydrogen) atoms. The van der Waals surface area contributed by atoms with E-state index in [1.54, 1.807) is 48.5 Å². The fraction of sp³-hybridized carbons (Fsp3) is 0.920. The van der Waals surface area contributed by atoms with Gasteiger partial charge in [-0.1, -0.05) is 118 Å². The normalized spacial score (nSPS) is 43.5. The van der Waals surface area contributed by atoms with Crippen molar-refractivity contribution in [1.82, 2.24) is 0 Å². The first-order valence-corrected chi connectivity index (χ1v) is 48.1. The van der Waals surface area contributed by atoms with Crippen LogP contribution in [0.1, 0.15) is 335 Å². The van der Waals surface area contributed by atoms with E-state index in [9.17, 15) is 50.3 Å². The molecule has 0 aromatic heterocycles. The van der Waals surface area contributed by atoms with Crippen molar-refractivity contribution in [2.24, 2.45) is 194 Å². The predicted molar refractivity (Wildman–Crippen MR) is 447 cm³/mol. The van der Waals surface area contributed by atoms with Gasteiger partial charge in [-0.2, -0.15) is 64.9 Å². The second-order valence-corrected chi connectivity index (χ2v) is 44.9. The molecule has 0 aromatic rings. The summed E-state index contributed by atoms with van der Waals surface area (Å²) in [5, 5.41) is 0. The van der Waals surface area contributed by atoms with Crippen molar-refractivity contribution in [3.8, 4) is 0 Å². The van der Waals surface area contributed by atoms with Crippen LogP contribution >= 0.6 is 0 Å². The van der Waals surface area contributed by atoms with Gasteiger partial charge in [0.1, 0.15) is 28.0 Å². The van der Waals surface area contributed by atoms with Gasteiger partial charge >= 0.3 is 30.3 Å². The van der Waals surface area contributed by atoms with Gasteiger partial charge in [0.2, 0.25) is 5.67 Å². The van der Waals surface area contributed by atoms with Crippen molar-refractivity contribution in [1.29, 1.82) is 0 Å². The van der Waals surface area contributed by atoms with Gasteiger partial charge in [-0.3, -0.25) is 41.3 Å². The summed E-state index contributed by atoms with van der Waals surface area (Å²) in [7, 11) is 0. The Labute approximate surface area is 708 Å². The summed E-state index contributed by atoms with van der Waals surface area (Å²) in [6, 6.07) is 0. The second kappa shape index (κ2) is 35.9. The van der Waals surface area contributed by atoms with Crippen LogP contribution in [0.4, 0.5) is 35.1 Å². The molecule has 10 nitrogen and oxygen atoms in total. The summed E-state index contributed by atoms with van der Waals surface area (Å²) < 4.78 is 144. The summed E-state index contributed by atoms with van der Waals surface area (Å²) in [5.41, 5.74) is -11.5. The van der Waals surface area contributed by atoms with Crippen LogP contribution in [0.25, 0.3) is 0 Å². The van der Waals surface area contributed by atoms with E-state index in [1.165, 1.54) is 76.5 Å².